The smallest absolute Gasteiger partial charge is 0.313 e. The van der Waals surface area contributed by atoms with Crippen LogP contribution in [0.4, 0.5) is 0 Å². The highest BCUT2D eigenvalue weighted by molar-refractivity contribution is 5.75. The molecule has 116 valence electrons. The predicted octanol–water partition coefficient (Wildman–Crippen LogP) is 3.16. The fraction of sp³-hybridized carbons (Fsp3) is 0.588. The Kier molecular flexibility index (Phi) is 4.69. The number of carbonyl (C=O) groups is 1. The summed E-state index contributed by atoms with van der Waals surface area (Å²) < 4.78 is 5.70. The Morgan fingerprint density at radius 2 is 1.81 bits per heavy atom. The summed E-state index contributed by atoms with van der Waals surface area (Å²) in [6.45, 7) is 4.70. The molecule has 0 aromatic heterocycles. The van der Waals surface area contributed by atoms with Crippen molar-refractivity contribution in [3.63, 3.8) is 0 Å². The van der Waals surface area contributed by atoms with Gasteiger partial charge in [-0.2, -0.15) is 0 Å². The molecule has 0 bridgehead atoms. The maximum absolute atomic E-state index is 11.8. The van der Waals surface area contributed by atoms with Gasteiger partial charge in [-0.25, -0.2) is 0 Å². The van der Waals surface area contributed by atoms with Crippen LogP contribution in [-0.4, -0.2) is 17.3 Å². The zero-order chi connectivity index (χ0) is 15.5. The topological polar surface area (TPSA) is 72.5 Å². The standard InChI is InChI=1S/C17H25NO3/c1-16(2)8-10-17(11-9-16,15(19)20)14(18)21-12-13-6-4-3-5-7-13/h3-7,14H,8-12,18H2,1-2H3,(H,19,20). The highest BCUT2D eigenvalue weighted by Gasteiger charge is 2.49. The van der Waals surface area contributed by atoms with Gasteiger partial charge in [0.25, 0.3) is 0 Å². The Labute approximate surface area is 126 Å². The Bertz CT molecular complexity index is 474. The third-order valence-corrected chi connectivity index (χ3v) is 4.74. The van der Waals surface area contributed by atoms with Gasteiger partial charge in [-0.15, -0.1) is 0 Å². The van der Waals surface area contributed by atoms with Crippen LogP contribution >= 0.6 is 0 Å². The van der Waals surface area contributed by atoms with Crippen LogP contribution in [0.2, 0.25) is 0 Å². The molecule has 21 heavy (non-hydrogen) atoms. The average molecular weight is 291 g/mol. The van der Waals surface area contributed by atoms with Gasteiger partial charge < -0.3 is 15.6 Å². The maximum atomic E-state index is 11.8. The molecule has 4 nitrogen and oxygen atoms in total. The molecule has 1 atom stereocenters. The molecule has 1 aliphatic rings. The number of rotatable bonds is 5. The van der Waals surface area contributed by atoms with E-state index in [2.05, 4.69) is 13.8 Å². The van der Waals surface area contributed by atoms with Crippen molar-refractivity contribution in [3.8, 4) is 0 Å². The number of ether oxygens (including phenoxy) is 1. The minimum atomic E-state index is -0.954. The second-order valence-corrected chi connectivity index (χ2v) is 6.84. The van der Waals surface area contributed by atoms with Gasteiger partial charge in [0, 0.05) is 0 Å². The lowest BCUT2D eigenvalue weighted by atomic mass is 9.64. The second-order valence-electron chi connectivity index (χ2n) is 6.84. The van der Waals surface area contributed by atoms with Crippen molar-refractivity contribution in [2.75, 3.05) is 0 Å². The highest BCUT2D eigenvalue weighted by atomic mass is 16.5. The summed E-state index contributed by atoms with van der Waals surface area (Å²) in [5.41, 5.74) is 6.36. The summed E-state index contributed by atoms with van der Waals surface area (Å²) in [5, 5.41) is 9.67. The van der Waals surface area contributed by atoms with Gasteiger partial charge in [-0.3, -0.25) is 4.79 Å². The first-order valence-corrected chi connectivity index (χ1v) is 7.50. The summed E-state index contributed by atoms with van der Waals surface area (Å²) in [6.07, 6.45) is 2.10. The number of nitrogens with two attached hydrogens (primary N) is 1. The molecule has 1 aromatic rings. The zero-order valence-electron chi connectivity index (χ0n) is 12.8. The molecule has 3 N–H and O–H groups in total. The largest absolute Gasteiger partial charge is 0.481 e. The number of aliphatic carboxylic acids is 1. The number of benzene rings is 1. The average Bonchev–Trinajstić information content (AvgIpc) is 2.46. The van der Waals surface area contributed by atoms with Gasteiger partial charge in [0.1, 0.15) is 11.6 Å². The highest BCUT2D eigenvalue weighted by Crippen LogP contribution is 2.47. The van der Waals surface area contributed by atoms with Crippen molar-refractivity contribution >= 4 is 5.97 Å². The van der Waals surface area contributed by atoms with Crippen molar-refractivity contribution < 1.29 is 14.6 Å². The van der Waals surface area contributed by atoms with Crippen molar-refractivity contribution in [1.29, 1.82) is 0 Å². The molecule has 0 saturated heterocycles. The number of hydrogen-bond donors (Lipinski definition) is 2. The van der Waals surface area contributed by atoms with Gasteiger partial charge in [0.2, 0.25) is 0 Å². The maximum Gasteiger partial charge on any atom is 0.313 e. The van der Waals surface area contributed by atoms with Gasteiger partial charge in [0.05, 0.1) is 6.61 Å². The summed E-state index contributed by atoms with van der Waals surface area (Å²) >= 11 is 0. The summed E-state index contributed by atoms with van der Waals surface area (Å²) in [4.78, 5) is 11.8. The predicted molar refractivity (Wildman–Crippen MR) is 81.5 cm³/mol. The van der Waals surface area contributed by atoms with Crippen LogP contribution in [0.15, 0.2) is 30.3 Å². The molecule has 1 aliphatic carbocycles. The summed E-state index contributed by atoms with van der Waals surface area (Å²) in [7, 11) is 0. The molecule has 0 aliphatic heterocycles. The summed E-state index contributed by atoms with van der Waals surface area (Å²) in [5.74, 6) is -0.835. The van der Waals surface area contributed by atoms with Crippen LogP contribution in [0, 0.1) is 10.8 Å². The molecule has 1 aromatic carbocycles. The molecule has 4 heteroatoms. The van der Waals surface area contributed by atoms with Crippen molar-refractivity contribution in [2.45, 2.75) is 52.4 Å². The Morgan fingerprint density at radius 3 is 2.33 bits per heavy atom. The van der Waals surface area contributed by atoms with Crippen LogP contribution in [0.3, 0.4) is 0 Å². The molecular weight excluding hydrogens is 266 g/mol. The third kappa shape index (κ3) is 3.63. The van der Waals surface area contributed by atoms with E-state index in [4.69, 9.17) is 10.5 Å². The van der Waals surface area contributed by atoms with E-state index in [0.717, 1.165) is 18.4 Å². The van der Waals surface area contributed by atoms with Crippen molar-refractivity contribution in [1.82, 2.24) is 0 Å². The molecule has 0 spiro atoms. The van der Waals surface area contributed by atoms with Crippen LogP contribution in [-0.2, 0) is 16.1 Å². The fourth-order valence-corrected chi connectivity index (χ4v) is 2.91. The quantitative estimate of drug-likeness (QED) is 0.817. The monoisotopic (exact) mass is 291 g/mol. The van der Waals surface area contributed by atoms with Crippen LogP contribution in [0.25, 0.3) is 0 Å². The second kappa shape index (κ2) is 6.16. The molecule has 2 rings (SSSR count). The van der Waals surface area contributed by atoms with Crippen molar-refractivity contribution in [2.24, 2.45) is 16.6 Å². The molecule has 1 unspecified atom stereocenters. The lowest BCUT2D eigenvalue weighted by Gasteiger charge is -2.43. The third-order valence-electron chi connectivity index (χ3n) is 4.74. The Hall–Kier alpha value is -1.39. The van der Waals surface area contributed by atoms with Gasteiger partial charge in [-0.05, 0) is 36.7 Å². The van der Waals surface area contributed by atoms with E-state index in [1.54, 1.807) is 0 Å². The molecule has 0 amide bonds. The Morgan fingerprint density at radius 1 is 1.24 bits per heavy atom. The SMILES string of the molecule is CC1(C)CCC(C(=O)O)(C(N)OCc2ccccc2)CC1. The minimum absolute atomic E-state index is 0.193. The number of hydrogen-bond acceptors (Lipinski definition) is 3. The summed E-state index contributed by atoms with van der Waals surface area (Å²) in [6, 6.07) is 9.69. The van der Waals surface area contributed by atoms with Gasteiger partial charge in [0.15, 0.2) is 0 Å². The van der Waals surface area contributed by atoms with E-state index in [9.17, 15) is 9.90 Å². The first-order valence-electron chi connectivity index (χ1n) is 7.50. The van der Waals surface area contributed by atoms with E-state index in [0.29, 0.717) is 19.4 Å². The fourth-order valence-electron chi connectivity index (χ4n) is 2.91. The first kappa shape index (κ1) is 16.0. The normalized spacial score (nSPS) is 21.7. The van der Waals surface area contributed by atoms with Gasteiger partial charge >= 0.3 is 5.97 Å². The first-order chi connectivity index (χ1) is 9.86. The molecule has 0 radical (unpaired) electrons. The number of carboxylic acids is 1. The lowest BCUT2D eigenvalue weighted by molar-refractivity contribution is -0.167. The van der Waals surface area contributed by atoms with E-state index in [1.165, 1.54) is 0 Å². The van der Waals surface area contributed by atoms with Crippen LogP contribution in [0.5, 0.6) is 0 Å². The van der Waals surface area contributed by atoms with E-state index >= 15 is 0 Å². The van der Waals surface area contributed by atoms with Crippen molar-refractivity contribution in [3.05, 3.63) is 35.9 Å². The molecule has 1 fully saturated rings. The Balaban J connectivity index is 2.03. The van der Waals surface area contributed by atoms with E-state index < -0.39 is 17.6 Å². The molecule has 1 saturated carbocycles. The van der Waals surface area contributed by atoms with Crippen LogP contribution < -0.4 is 5.73 Å². The molecular formula is C17H25NO3. The lowest BCUT2D eigenvalue weighted by Crippen LogP contribution is -2.52. The molecule has 0 heterocycles. The zero-order valence-corrected chi connectivity index (χ0v) is 12.8. The van der Waals surface area contributed by atoms with Crippen LogP contribution in [0.1, 0.15) is 45.1 Å². The number of carboxylic acid groups (broad SMARTS) is 1. The van der Waals surface area contributed by atoms with Gasteiger partial charge in [-0.1, -0.05) is 44.2 Å². The minimum Gasteiger partial charge on any atom is -0.481 e. The van der Waals surface area contributed by atoms with E-state index in [-0.39, 0.29) is 5.41 Å². The van der Waals surface area contributed by atoms with E-state index in [1.807, 2.05) is 30.3 Å².